The van der Waals surface area contributed by atoms with Gasteiger partial charge >= 0.3 is 22.9 Å². The number of hydrogen-bond donors (Lipinski definition) is 1. The summed E-state index contributed by atoms with van der Waals surface area (Å²) in [5, 5.41) is 9.55. The molecule has 0 saturated heterocycles. The zero-order chi connectivity index (χ0) is 34.4. The van der Waals surface area contributed by atoms with E-state index >= 15 is 0 Å². The van der Waals surface area contributed by atoms with Crippen LogP contribution < -0.4 is 19.1 Å². The van der Waals surface area contributed by atoms with Crippen molar-refractivity contribution in [1.29, 1.82) is 0 Å². The van der Waals surface area contributed by atoms with Gasteiger partial charge in [0.2, 0.25) is 4.80 Å². The van der Waals surface area contributed by atoms with Gasteiger partial charge in [-0.1, -0.05) is 23.2 Å². The molecule has 3 heterocycles. The van der Waals surface area contributed by atoms with E-state index in [0.29, 0.717) is 50.4 Å². The van der Waals surface area contributed by atoms with E-state index < -0.39 is 23.9 Å². The highest BCUT2D eigenvalue weighted by Gasteiger charge is 2.16. The van der Waals surface area contributed by atoms with Crippen LogP contribution in [0.15, 0.2) is 73.7 Å². The SMILES string of the molecule is CC(Oc1ccc(Oc2nc3ccc(Cl)cc3o2)cc1)C(=O)O.COC(=O)CSc1cc(N=c2sc(=O)n3n2CCCC3)c(F)cc1Cl. The van der Waals surface area contributed by atoms with Crippen molar-refractivity contribution in [2.75, 3.05) is 12.9 Å². The van der Waals surface area contributed by atoms with Crippen LogP contribution in [0.4, 0.5) is 10.1 Å². The first-order valence-corrected chi connectivity index (χ1v) is 16.8. The van der Waals surface area contributed by atoms with Gasteiger partial charge in [0, 0.05) is 29.1 Å². The number of benzene rings is 3. The first kappa shape index (κ1) is 35.0. The molecule has 252 valence electrons. The molecule has 1 aliphatic heterocycles. The lowest BCUT2D eigenvalue weighted by molar-refractivity contribution is -0.144. The van der Waals surface area contributed by atoms with Gasteiger partial charge in [-0.2, -0.15) is 4.98 Å². The van der Waals surface area contributed by atoms with Crippen LogP contribution in [-0.2, 0) is 27.4 Å². The Morgan fingerprint density at radius 1 is 1.10 bits per heavy atom. The summed E-state index contributed by atoms with van der Waals surface area (Å²) in [7, 11) is 1.30. The number of aliphatic carboxylic acids is 1. The fraction of sp³-hybridized carbons (Fsp3) is 0.258. The van der Waals surface area contributed by atoms with E-state index in [1.54, 1.807) is 51.8 Å². The predicted octanol–water partition coefficient (Wildman–Crippen LogP) is 6.92. The Hall–Kier alpha value is -4.31. The number of fused-ring (bicyclic) bond motifs is 2. The van der Waals surface area contributed by atoms with E-state index in [1.807, 2.05) is 0 Å². The van der Waals surface area contributed by atoms with Gasteiger partial charge in [-0.05, 0) is 79.6 Å². The Kier molecular flexibility index (Phi) is 11.5. The number of ether oxygens (including phenoxy) is 3. The van der Waals surface area contributed by atoms with Crippen LogP contribution in [0.1, 0.15) is 19.8 Å². The maximum Gasteiger partial charge on any atom is 0.400 e. The molecule has 0 saturated carbocycles. The van der Waals surface area contributed by atoms with Crippen molar-refractivity contribution in [2.45, 2.75) is 43.9 Å². The number of esters is 1. The number of carbonyl (C=O) groups is 2. The summed E-state index contributed by atoms with van der Waals surface area (Å²) in [6.45, 7) is 2.78. The second-order valence-corrected chi connectivity index (χ2v) is 12.9. The molecule has 1 aliphatic rings. The summed E-state index contributed by atoms with van der Waals surface area (Å²) in [6.07, 6.45) is 1.06. The first-order valence-electron chi connectivity index (χ1n) is 14.3. The lowest BCUT2D eigenvalue weighted by atomic mass is 10.3. The smallest absolute Gasteiger partial charge is 0.400 e. The van der Waals surface area contributed by atoms with Gasteiger partial charge in [0.25, 0.3) is 0 Å². The summed E-state index contributed by atoms with van der Waals surface area (Å²) in [5.74, 6) is -1.04. The Morgan fingerprint density at radius 3 is 2.52 bits per heavy atom. The molecule has 17 heteroatoms. The summed E-state index contributed by atoms with van der Waals surface area (Å²) in [4.78, 5) is 43.4. The van der Waals surface area contributed by atoms with Gasteiger partial charge < -0.3 is 23.7 Å². The monoisotopic (exact) mass is 736 g/mol. The van der Waals surface area contributed by atoms with Crippen molar-refractivity contribution < 1.29 is 37.7 Å². The van der Waals surface area contributed by atoms with E-state index in [4.69, 9.17) is 42.2 Å². The van der Waals surface area contributed by atoms with Crippen molar-refractivity contribution in [3.63, 3.8) is 0 Å². The molecular weight excluding hydrogens is 710 g/mol. The second-order valence-electron chi connectivity index (χ2n) is 10.1. The van der Waals surface area contributed by atoms with Gasteiger partial charge in [-0.15, -0.1) is 11.8 Å². The number of halogens is 3. The van der Waals surface area contributed by atoms with Gasteiger partial charge in [0.1, 0.15) is 28.5 Å². The third-order valence-electron chi connectivity index (χ3n) is 6.70. The third-order valence-corrected chi connectivity index (χ3v) is 9.26. The van der Waals surface area contributed by atoms with E-state index in [1.165, 1.54) is 20.1 Å². The van der Waals surface area contributed by atoms with Crippen LogP contribution in [0.2, 0.25) is 10.0 Å². The van der Waals surface area contributed by atoms with Crippen molar-refractivity contribution in [3.05, 3.63) is 84.9 Å². The lowest BCUT2D eigenvalue weighted by Crippen LogP contribution is -2.31. The summed E-state index contributed by atoms with van der Waals surface area (Å²) < 4.78 is 38.5. The predicted molar refractivity (Wildman–Crippen MR) is 178 cm³/mol. The van der Waals surface area contributed by atoms with Crippen molar-refractivity contribution in [1.82, 2.24) is 14.3 Å². The van der Waals surface area contributed by atoms with E-state index in [9.17, 15) is 18.8 Å². The highest BCUT2D eigenvalue weighted by Crippen LogP contribution is 2.33. The van der Waals surface area contributed by atoms with Crippen LogP contribution >= 0.6 is 46.3 Å². The number of rotatable bonds is 9. The number of nitrogens with zero attached hydrogens (tertiary/aromatic N) is 4. The van der Waals surface area contributed by atoms with Crippen molar-refractivity contribution in [3.8, 4) is 17.6 Å². The highest BCUT2D eigenvalue weighted by molar-refractivity contribution is 8.00. The molecule has 0 spiro atoms. The van der Waals surface area contributed by atoms with Crippen molar-refractivity contribution >= 4 is 75.0 Å². The Morgan fingerprint density at radius 2 is 1.81 bits per heavy atom. The molecule has 5 aromatic rings. The summed E-state index contributed by atoms with van der Waals surface area (Å²) in [5.41, 5.74) is 1.25. The molecule has 2 aromatic heterocycles. The molecule has 0 amide bonds. The molecule has 12 nitrogen and oxygen atoms in total. The number of oxazole rings is 1. The standard InChI is InChI=1S/C16H12ClNO5.C15H15ClFN3O3S2/c1-9(15(19)20)21-11-3-5-12(6-4-11)22-16-18-13-7-2-10(17)8-14(13)23-16;1-23-13(21)8-24-12-7-11(10(17)6-9(12)16)18-14-19-4-2-3-5-20(19)15(22)25-14/h2-9H,1H3,(H,19,20);6-7H,2-5,8H2,1H3. The third kappa shape index (κ3) is 8.78. The fourth-order valence-electron chi connectivity index (χ4n) is 4.29. The maximum atomic E-state index is 14.3. The molecule has 48 heavy (non-hydrogen) atoms. The van der Waals surface area contributed by atoms with Crippen LogP contribution in [0.5, 0.6) is 17.6 Å². The van der Waals surface area contributed by atoms with Gasteiger partial charge in [0.15, 0.2) is 11.7 Å². The van der Waals surface area contributed by atoms with E-state index in [2.05, 4.69) is 14.7 Å². The maximum absolute atomic E-state index is 14.3. The van der Waals surface area contributed by atoms with E-state index in [0.717, 1.165) is 42.0 Å². The zero-order valence-corrected chi connectivity index (χ0v) is 28.5. The molecule has 1 N–H and O–H groups in total. The van der Waals surface area contributed by atoms with Crippen molar-refractivity contribution in [2.24, 2.45) is 4.99 Å². The largest absolute Gasteiger partial charge is 0.479 e. The van der Waals surface area contributed by atoms with Crippen LogP contribution in [0.3, 0.4) is 0 Å². The molecule has 0 aliphatic carbocycles. The minimum atomic E-state index is -1.03. The minimum absolute atomic E-state index is 0.0605. The number of aromatic nitrogens is 3. The molecule has 1 atom stereocenters. The molecular formula is C31H27Cl2FN4O8S2. The average molecular weight is 738 g/mol. The first-order chi connectivity index (χ1) is 23.0. The van der Waals surface area contributed by atoms with Gasteiger partial charge in [0.05, 0.1) is 17.9 Å². The zero-order valence-electron chi connectivity index (χ0n) is 25.4. The molecule has 1 unspecified atom stereocenters. The van der Waals surface area contributed by atoms with Crippen LogP contribution in [0.25, 0.3) is 11.1 Å². The average Bonchev–Trinajstić information content (AvgIpc) is 3.61. The summed E-state index contributed by atoms with van der Waals surface area (Å²) >= 11 is 14.1. The molecule has 0 fully saturated rings. The molecule has 6 rings (SSSR count). The van der Waals surface area contributed by atoms with Gasteiger partial charge in [-0.3, -0.25) is 14.3 Å². The molecule has 0 radical (unpaired) electrons. The van der Waals surface area contributed by atoms with Crippen LogP contribution in [-0.4, -0.2) is 50.4 Å². The highest BCUT2D eigenvalue weighted by atomic mass is 35.5. The number of carboxylic acid groups (broad SMARTS) is 1. The van der Waals surface area contributed by atoms with E-state index in [-0.39, 0.29) is 27.4 Å². The number of hydrogen-bond acceptors (Lipinski definition) is 11. The molecule has 0 bridgehead atoms. The second kappa shape index (κ2) is 15.7. The lowest BCUT2D eigenvalue weighted by Gasteiger charge is -2.15. The fourth-order valence-corrected chi connectivity index (χ4v) is 6.44. The number of carbonyl (C=O) groups excluding carboxylic acids is 1. The Bertz CT molecular complexity index is 2080. The normalized spacial score (nSPS) is 13.3. The Balaban J connectivity index is 0.000000188. The number of carboxylic acids is 1. The summed E-state index contributed by atoms with van der Waals surface area (Å²) in [6, 6.07) is 14.2. The molecule has 3 aromatic carbocycles. The quantitative estimate of drug-likeness (QED) is 0.125. The minimum Gasteiger partial charge on any atom is -0.479 e. The van der Waals surface area contributed by atoms with Gasteiger partial charge in [-0.25, -0.2) is 18.9 Å². The number of thioether (sulfide) groups is 1. The van der Waals surface area contributed by atoms with Crippen LogP contribution in [0, 0.1) is 5.82 Å². The Labute approximate surface area is 290 Å². The number of methoxy groups -OCH3 is 1. The topological polar surface area (TPSA) is 147 Å².